The van der Waals surface area contributed by atoms with Gasteiger partial charge in [-0.1, -0.05) is 27.2 Å². The van der Waals surface area contributed by atoms with Gasteiger partial charge < -0.3 is 10.6 Å². The number of nitrogens with one attached hydrogen (secondary N) is 2. The van der Waals surface area contributed by atoms with E-state index in [1.54, 1.807) is 6.92 Å². The van der Waals surface area contributed by atoms with Crippen LogP contribution in [0.15, 0.2) is 0 Å². The van der Waals surface area contributed by atoms with Gasteiger partial charge in [0, 0.05) is 0 Å². The van der Waals surface area contributed by atoms with Crippen LogP contribution in [0.25, 0.3) is 0 Å². The van der Waals surface area contributed by atoms with Gasteiger partial charge in [0.15, 0.2) is 0 Å². The summed E-state index contributed by atoms with van der Waals surface area (Å²) in [5, 5.41) is 6.29. The second kappa shape index (κ2) is 13.6. The summed E-state index contributed by atoms with van der Waals surface area (Å²) in [6.07, 6.45) is 3.22. The number of rotatable bonds is 8. The van der Waals surface area contributed by atoms with Gasteiger partial charge in [-0.05, 0) is 39.9 Å². The van der Waals surface area contributed by atoms with E-state index in [0.717, 1.165) is 32.4 Å². The molecule has 2 N–H and O–H groups in total. The zero-order valence-electron chi connectivity index (χ0n) is 11.0. The van der Waals surface area contributed by atoms with E-state index in [1.165, 1.54) is 0 Å². The smallest absolute Gasteiger partial charge is 0.146 e. The SMILES string of the molecule is CC.CCNCCCC[C@H](NC)C(C)=O. The van der Waals surface area contributed by atoms with Crippen molar-refractivity contribution in [3.63, 3.8) is 0 Å². The second-order valence-corrected chi connectivity index (χ2v) is 3.30. The zero-order chi connectivity index (χ0) is 12.1. The van der Waals surface area contributed by atoms with Crippen LogP contribution in [0.4, 0.5) is 0 Å². The van der Waals surface area contributed by atoms with Crippen LogP contribution in [-0.2, 0) is 4.79 Å². The van der Waals surface area contributed by atoms with Crippen molar-refractivity contribution >= 4 is 5.78 Å². The van der Waals surface area contributed by atoms with Crippen LogP contribution in [-0.4, -0.2) is 32.0 Å². The molecule has 1 atom stereocenters. The number of ketones is 1. The minimum Gasteiger partial charge on any atom is -0.317 e. The highest BCUT2D eigenvalue weighted by molar-refractivity contribution is 5.81. The molecule has 0 aliphatic heterocycles. The van der Waals surface area contributed by atoms with E-state index in [4.69, 9.17) is 0 Å². The molecule has 0 unspecified atom stereocenters. The highest BCUT2D eigenvalue weighted by Crippen LogP contribution is 2.00. The van der Waals surface area contributed by atoms with Crippen molar-refractivity contribution in [2.45, 2.75) is 53.0 Å². The van der Waals surface area contributed by atoms with Crippen molar-refractivity contribution in [1.82, 2.24) is 10.6 Å². The lowest BCUT2D eigenvalue weighted by Gasteiger charge is -2.11. The van der Waals surface area contributed by atoms with E-state index in [2.05, 4.69) is 17.6 Å². The molecule has 3 nitrogen and oxygen atoms in total. The number of hydrogen-bond acceptors (Lipinski definition) is 3. The van der Waals surface area contributed by atoms with E-state index in [-0.39, 0.29) is 11.8 Å². The Kier molecular flexibility index (Phi) is 15.4. The van der Waals surface area contributed by atoms with Gasteiger partial charge in [-0.15, -0.1) is 0 Å². The molecule has 0 saturated heterocycles. The molecule has 0 aromatic carbocycles. The number of unbranched alkanes of at least 4 members (excludes halogenated alkanes) is 1. The Bertz CT molecular complexity index is 138. The Labute approximate surface area is 95.0 Å². The van der Waals surface area contributed by atoms with Crippen molar-refractivity contribution in [2.75, 3.05) is 20.1 Å². The largest absolute Gasteiger partial charge is 0.317 e. The molecule has 15 heavy (non-hydrogen) atoms. The predicted molar refractivity (Wildman–Crippen MR) is 67.3 cm³/mol. The van der Waals surface area contributed by atoms with Gasteiger partial charge in [0.25, 0.3) is 0 Å². The molecule has 0 aliphatic rings. The number of carbonyl (C=O) groups excluding carboxylic acids is 1. The molecule has 0 rings (SSSR count). The molecule has 0 radical (unpaired) electrons. The number of likely N-dealkylation sites (N-methyl/N-ethyl adjacent to an activating group) is 1. The fraction of sp³-hybridized carbons (Fsp3) is 0.917. The van der Waals surface area contributed by atoms with Crippen molar-refractivity contribution in [3.05, 3.63) is 0 Å². The van der Waals surface area contributed by atoms with Crippen LogP contribution in [0, 0.1) is 0 Å². The average Bonchev–Trinajstić information content (AvgIpc) is 2.26. The van der Waals surface area contributed by atoms with Gasteiger partial charge in [0.1, 0.15) is 5.78 Å². The van der Waals surface area contributed by atoms with Crippen molar-refractivity contribution in [1.29, 1.82) is 0 Å². The monoisotopic (exact) mass is 216 g/mol. The lowest BCUT2D eigenvalue weighted by atomic mass is 10.1. The third-order valence-electron chi connectivity index (χ3n) is 2.19. The Hall–Kier alpha value is -0.410. The van der Waals surface area contributed by atoms with Crippen LogP contribution in [0.2, 0.25) is 0 Å². The highest BCUT2D eigenvalue weighted by Gasteiger charge is 2.09. The first-order valence-electron chi connectivity index (χ1n) is 6.10. The lowest BCUT2D eigenvalue weighted by molar-refractivity contribution is -0.119. The van der Waals surface area contributed by atoms with E-state index in [1.807, 2.05) is 20.9 Å². The second-order valence-electron chi connectivity index (χ2n) is 3.30. The third kappa shape index (κ3) is 11.5. The Balaban J connectivity index is 0. The van der Waals surface area contributed by atoms with Crippen molar-refractivity contribution < 1.29 is 4.79 Å². The van der Waals surface area contributed by atoms with Gasteiger partial charge in [-0.3, -0.25) is 4.79 Å². The van der Waals surface area contributed by atoms with Gasteiger partial charge in [-0.2, -0.15) is 0 Å². The molecule has 0 heterocycles. The van der Waals surface area contributed by atoms with Crippen LogP contribution in [0.1, 0.15) is 47.0 Å². The molecule has 0 fully saturated rings. The summed E-state index contributed by atoms with van der Waals surface area (Å²) in [5.74, 6) is 0.242. The van der Waals surface area contributed by atoms with Gasteiger partial charge in [0.2, 0.25) is 0 Å². The molecule has 0 spiro atoms. The van der Waals surface area contributed by atoms with Crippen LogP contribution >= 0.6 is 0 Å². The predicted octanol–water partition coefficient (Wildman–Crippen LogP) is 1.97. The maximum absolute atomic E-state index is 11.0. The standard InChI is InChI=1S/C10H22N2O.C2H6/c1-4-12-8-6-5-7-10(11-3)9(2)13;1-2/h10-12H,4-8H2,1-3H3;1-2H3/t10-;/m0./s1. The lowest BCUT2D eigenvalue weighted by Crippen LogP contribution is -2.32. The molecule has 0 amide bonds. The minimum absolute atomic E-state index is 0.0571. The van der Waals surface area contributed by atoms with Gasteiger partial charge >= 0.3 is 0 Å². The molecule has 0 saturated carbocycles. The molecular weight excluding hydrogens is 188 g/mol. The molecule has 0 aromatic rings. The summed E-state index contributed by atoms with van der Waals surface area (Å²) in [7, 11) is 1.84. The number of hydrogen-bond donors (Lipinski definition) is 2. The Morgan fingerprint density at radius 1 is 1.27 bits per heavy atom. The minimum atomic E-state index is 0.0571. The zero-order valence-corrected chi connectivity index (χ0v) is 11.0. The molecule has 0 bridgehead atoms. The normalized spacial score (nSPS) is 11.5. The third-order valence-corrected chi connectivity index (χ3v) is 2.19. The maximum atomic E-state index is 11.0. The summed E-state index contributed by atoms with van der Waals surface area (Å²) in [4.78, 5) is 11.0. The topological polar surface area (TPSA) is 41.1 Å². The van der Waals surface area contributed by atoms with Crippen molar-refractivity contribution in [2.24, 2.45) is 0 Å². The van der Waals surface area contributed by atoms with E-state index in [9.17, 15) is 4.79 Å². The van der Waals surface area contributed by atoms with Crippen molar-refractivity contribution in [3.8, 4) is 0 Å². The molecule has 3 heteroatoms. The van der Waals surface area contributed by atoms with Gasteiger partial charge in [-0.25, -0.2) is 0 Å². The summed E-state index contributed by atoms with van der Waals surface area (Å²) in [6.45, 7) is 9.84. The fourth-order valence-electron chi connectivity index (χ4n) is 1.33. The first kappa shape index (κ1) is 17.0. The van der Waals surface area contributed by atoms with E-state index >= 15 is 0 Å². The van der Waals surface area contributed by atoms with E-state index in [0.29, 0.717) is 0 Å². The first-order valence-corrected chi connectivity index (χ1v) is 6.10. The number of carbonyl (C=O) groups is 1. The maximum Gasteiger partial charge on any atom is 0.146 e. The van der Waals surface area contributed by atoms with E-state index < -0.39 is 0 Å². The Morgan fingerprint density at radius 3 is 2.27 bits per heavy atom. The summed E-state index contributed by atoms with van der Waals surface area (Å²) < 4.78 is 0. The fourth-order valence-corrected chi connectivity index (χ4v) is 1.33. The Morgan fingerprint density at radius 2 is 1.87 bits per heavy atom. The van der Waals surface area contributed by atoms with Crippen LogP contribution < -0.4 is 10.6 Å². The first-order chi connectivity index (χ1) is 7.22. The van der Waals surface area contributed by atoms with Crippen LogP contribution in [0.5, 0.6) is 0 Å². The van der Waals surface area contributed by atoms with Gasteiger partial charge in [0.05, 0.1) is 6.04 Å². The molecule has 0 aromatic heterocycles. The quantitative estimate of drug-likeness (QED) is 0.610. The molecule has 92 valence electrons. The molecular formula is C12H28N2O. The highest BCUT2D eigenvalue weighted by atomic mass is 16.1. The average molecular weight is 216 g/mol. The molecule has 0 aliphatic carbocycles. The summed E-state index contributed by atoms with van der Waals surface area (Å²) in [5.41, 5.74) is 0. The van der Waals surface area contributed by atoms with Crippen LogP contribution in [0.3, 0.4) is 0 Å². The summed E-state index contributed by atoms with van der Waals surface area (Å²) in [6, 6.07) is 0.0571. The number of Topliss-reactive ketones (excluding diaryl/α,β-unsaturated/α-hetero) is 1. The summed E-state index contributed by atoms with van der Waals surface area (Å²) >= 11 is 0.